The van der Waals surface area contributed by atoms with Crippen molar-refractivity contribution in [1.29, 1.82) is 0 Å². The summed E-state index contributed by atoms with van der Waals surface area (Å²) in [7, 11) is 1.81. The molecular weight excluding hydrogens is 384 g/mol. The molecule has 4 N–H and O–H groups in total. The van der Waals surface area contributed by atoms with Crippen LogP contribution in [0, 0.1) is 0 Å². The first kappa shape index (κ1) is 18.5. The van der Waals surface area contributed by atoms with Gasteiger partial charge in [0.15, 0.2) is 17.8 Å². The van der Waals surface area contributed by atoms with Crippen LogP contribution in [-0.2, 0) is 11.8 Å². The number of nitrogens with zero attached hydrogens (tertiary/aromatic N) is 4. The zero-order valence-corrected chi connectivity index (χ0v) is 16.2. The maximum Gasteiger partial charge on any atom is 0.187 e. The van der Waals surface area contributed by atoms with Crippen molar-refractivity contribution in [2.75, 3.05) is 12.3 Å². The summed E-state index contributed by atoms with van der Waals surface area (Å²) in [5, 5.41) is 17.4. The van der Waals surface area contributed by atoms with Gasteiger partial charge >= 0.3 is 0 Å². The highest BCUT2D eigenvalue weighted by Gasteiger charge is 2.29. The molecule has 2 aliphatic rings. The van der Waals surface area contributed by atoms with Gasteiger partial charge in [-0.3, -0.25) is 9.48 Å². The molecule has 30 heavy (non-hydrogen) atoms. The smallest absolute Gasteiger partial charge is 0.187 e. The van der Waals surface area contributed by atoms with Crippen LogP contribution in [0.3, 0.4) is 0 Å². The SMILES string of the molecule is Cn1ccc(-c2nc(N)c(C(=O)CC3CO3)nc2-c2ccc3c(c2)C=CNC3O)n1. The summed E-state index contributed by atoms with van der Waals surface area (Å²) < 4.78 is 6.83. The number of hydrogen-bond acceptors (Lipinski definition) is 8. The predicted octanol–water partition coefficient (Wildman–Crippen LogP) is 1.66. The maximum absolute atomic E-state index is 12.7. The first-order chi connectivity index (χ1) is 14.5. The number of aliphatic hydroxyl groups is 1. The van der Waals surface area contributed by atoms with Gasteiger partial charge < -0.3 is 20.9 Å². The molecule has 2 unspecified atom stereocenters. The molecule has 4 heterocycles. The molecule has 0 bridgehead atoms. The molecule has 0 aliphatic carbocycles. The maximum atomic E-state index is 12.7. The Morgan fingerprint density at radius 2 is 2.17 bits per heavy atom. The summed E-state index contributed by atoms with van der Waals surface area (Å²) in [4.78, 5) is 21.8. The summed E-state index contributed by atoms with van der Waals surface area (Å²) in [6.45, 7) is 0.575. The Bertz CT molecular complexity index is 1180. The molecule has 5 rings (SSSR count). The lowest BCUT2D eigenvalue weighted by Crippen LogP contribution is -2.18. The minimum Gasteiger partial charge on any atom is -0.382 e. The number of epoxide rings is 1. The van der Waals surface area contributed by atoms with Crippen molar-refractivity contribution >= 4 is 17.7 Å². The molecule has 2 aromatic heterocycles. The Morgan fingerprint density at radius 1 is 1.33 bits per heavy atom. The minimum atomic E-state index is -0.775. The van der Waals surface area contributed by atoms with E-state index in [4.69, 9.17) is 10.5 Å². The fourth-order valence-corrected chi connectivity index (χ4v) is 3.50. The van der Waals surface area contributed by atoms with E-state index in [0.717, 1.165) is 16.7 Å². The summed E-state index contributed by atoms with van der Waals surface area (Å²) >= 11 is 0. The number of ether oxygens (including phenoxy) is 1. The molecule has 0 radical (unpaired) electrons. The van der Waals surface area contributed by atoms with Crippen LogP contribution >= 0.6 is 0 Å². The number of Topliss-reactive ketones (excluding diaryl/α,β-unsaturated/α-hetero) is 1. The van der Waals surface area contributed by atoms with Gasteiger partial charge in [-0.25, -0.2) is 9.97 Å². The standard InChI is InChI=1S/C21H20N6O3/c1-27-7-5-15(26-27)18-17(12-2-3-14-11(8-12)4-6-23-21(14)29)24-19(20(22)25-18)16(28)9-13-10-30-13/h2-8,13,21,23,29H,9-10H2,1H3,(H2,22,25). The molecule has 3 aromatic rings. The zero-order chi connectivity index (χ0) is 20.8. The number of hydrogen-bond donors (Lipinski definition) is 3. The van der Waals surface area contributed by atoms with E-state index in [1.807, 2.05) is 37.4 Å². The third-order valence-electron chi connectivity index (χ3n) is 5.13. The van der Waals surface area contributed by atoms with Crippen LogP contribution in [-0.4, -0.2) is 43.3 Å². The second kappa shape index (κ2) is 7.05. The number of aromatic nitrogens is 4. The number of nitrogens with two attached hydrogens (primary N) is 1. The number of benzene rings is 1. The van der Waals surface area contributed by atoms with Gasteiger partial charge in [0.2, 0.25) is 0 Å². The second-order valence-corrected chi connectivity index (χ2v) is 7.36. The van der Waals surface area contributed by atoms with E-state index in [0.29, 0.717) is 23.7 Å². The largest absolute Gasteiger partial charge is 0.382 e. The average molecular weight is 404 g/mol. The first-order valence-electron chi connectivity index (χ1n) is 9.57. The van der Waals surface area contributed by atoms with E-state index in [2.05, 4.69) is 20.4 Å². The van der Waals surface area contributed by atoms with Crippen molar-refractivity contribution in [3.63, 3.8) is 0 Å². The van der Waals surface area contributed by atoms with Crippen LogP contribution in [0.4, 0.5) is 5.82 Å². The summed E-state index contributed by atoms with van der Waals surface area (Å²) in [6, 6.07) is 7.39. The van der Waals surface area contributed by atoms with Gasteiger partial charge in [0, 0.05) is 30.8 Å². The van der Waals surface area contributed by atoms with E-state index in [-0.39, 0.29) is 29.8 Å². The van der Waals surface area contributed by atoms with Crippen LogP contribution in [0.15, 0.2) is 36.7 Å². The van der Waals surface area contributed by atoms with E-state index < -0.39 is 6.23 Å². The van der Waals surface area contributed by atoms with E-state index in [1.54, 1.807) is 17.1 Å². The fraction of sp³-hybridized carbons (Fsp3) is 0.238. The lowest BCUT2D eigenvalue weighted by molar-refractivity contribution is 0.0968. The Kier molecular flexibility index (Phi) is 4.34. The Hall–Kier alpha value is -3.56. The molecule has 9 heteroatoms. The third kappa shape index (κ3) is 3.34. The normalized spacial score (nSPS) is 19.3. The van der Waals surface area contributed by atoms with Gasteiger partial charge in [0.1, 0.15) is 17.1 Å². The number of anilines is 1. The molecule has 0 amide bonds. The highest BCUT2D eigenvalue weighted by molar-refractivity contribution is 6.00. The first-order valence-corrected chi connectivity index (χ1v) is 9.57. The van der Waals surface area contributed by atoms with Crippen molar-refractivity contribution < 1.29 is 14.6 Å². The lowest BCUT2D eigenvalue weighted by atomic mass is 9.97. The number of carbonyl (C=O) groups is 1. The Morgan fingerprint density at radius 3 is 2.90 bits per heavy atom. The van der Waals surface area contributed by atoms with Gasteiger partial charge in [-0.15, -0.1) is 0 Å². The Labute approximate surface area is 172 Å². The molecule has 2 atom stereocenters. The number of rotatable bonds is 5. The number of ketones is 1. The van der Waals surface area contributed by atoms with E-state index in [9.17, 15) is 9.90 Å². The highest BCUT2D eigenvalue weighted by Crippen LogP contribution is 2.33. The van der Waals surface area contributed by atoms with Crippen molar-refractivity contribution in [1.82, 2.24) is 25.1 Å². The molecule has 1 fully saturated rings. The molecule has 9 nitrogen and oxygen atoms in total. The minimum absolute atomic E-state index is 0.0690. The van der Waals surface area contributed by atoms with E-state index in [1.165, 1.54) is 0 Å². The van der Waals surface area contributed by atoms with Gasteiger partial charge in [-0.05, 0) is 30.0 Å². The molecule has 0 saturated carbocycles. The van der Waals surface area contributed by atoms with Crippen molar-refractivity contribution in [3.8, 4) is 22.6 Å². The van der Waals surface area contributed by atoms with Gasteiger partial charge in [-0.1, -0.05) is 12.1 Å². The summed E-state index contributed by atoms with van der Waals surface area (Å²) in [6.07, 6.45) is 4.75. The predicted molar refractivity (Wildman–Crippen MR) is 110 cm³/mol. The fourth-order valence-electron chi connectivity index (χ4n) is 3.50. The average Bonchev–Trinajstić information content (AvgIpc) is 3.44. The topological polar surface area (TPSA) is 131 Å². The highest BCUT2D eigenvalue weighted by atomic mass is 16.6. The van der Waals surface area contributed by atoms with Gasteiger partial charge in [-0.2, -0.15) is 5.10 Å². The Balaban J connectivity index is 1.66. The monoisotopic (exact) mass is 404 g/mol. The van der Waals surface area contributed by atoms with Crippen molar-refractivity contribution in [2.24, 2.45) is 7.05 Å². The van der Waals surface area contributed by atoms with Gasteiger partial charge in [0.05, 0.1) is 18.4 Å². The molecule has 1 saturated heterocycles. The van der Waals surface area contributed by atoms with Crippen LogP contribution < -0.4 is 11.1 Å². The number of aryl methyl sites for hydroxylation is 1. The third-order valence-corrected chi connectivity index (χ3v) is 5.13. The summed E-state index contributed by atoms with van der Waals surface area (Å²) in [5.74, 6) is -0.128. The van der Waals surface area contributed by atoms with Crippen molar-refractivity contribution in [2.45, 2.75) is 18.8 Å². The molecule has 152 valence electrons. The van der Waals surface area contributed by atoms with Crippen LogP contribution in [0.1, 0.15) is 34.3 Å². The molecule has 0 spiro atoms. The van der Waals surface area contributed by atoms with Gasteiger partial charge in [0.25, 0.3) is 0 Å². The molecule has 2 aliphatic heterocycles. The quantitative estimate of drug-likeness (QED) is 0.432. The molecule has 1 aromatic carbocycles. The van der Waals surface area contributed by atoms with Crippen LogP contribution in [0.2, 0.25) is 0 Å². The van der Waals surface area contributed by atoms with E-state index >= 15 is 0 Å². The second-order valence-electron chi connectivity index (χ2n) is 7.36. The number of aliphatic hydroxyl groups excluding tert-OH is 1. The molecular formula is C21H20N6O3. The number of nitrogen functional groups attached to an aromatic ring is 1. The number of nitrogens with one attached hydrogen (secondary N) is 1. The lowest BCUT2D eigenvalue weighted by Gasteiger charge is -2.19. The van der Waals surface area contributed by atoms with Crippen molar-refractivity contribution in [3.05, 3.63) is 53.5 Å². The zero-order valence-electron chi connectivity index (χ0n) is 16.2. The summed E-state index contributed by atoms with van der Waals surface area (Å²) in [5.41, 5.74) is 10.2. The number of fused-ring (bicyclic) bond motifs is 1. The van der Waals surface area contributed by atoms with Crippen LogP contribution in [0.25, 0.3) is 28.7 Å². The van der Waals surface area contributed by atoms with Crippen LogP contribution in [0.5, 0.6) is 0 Å². The number of carbonyl (C=O) groups excluding carboxylic acids is 1.